The number of ether oxygens (including phenoxy) is 1. The van der Waals surface area contributed by atoms with Gasteiger partial charge in [0.25, 0.3) is 5.91 Å². The molecule has 1 heterocycles. The maximum absolute atomic E-state index is 12.4. The largest absolute Gasteiger partial charge is 0.405 e. The van der Waals surface area contributed by atoms with Crippen LogP contribution in [0.4, 0.5) is 18.9 Å². The Balaban J connectivity index is 2.11. The summed E-state index contributed by atoms with van der Waals surface area (Å²) in [6.07, 6.45) is -4.42. The summed E-state index contributed by atoms with van der Waals surface area (Å²) >= 11 is 5.78. The van der Waals surface area contributed by atoms with Crippen molar-refractivity contribution >= 4 is 23.2 Å². The lowest BCUT2D eigenvalue weighted by Gasteiger charge is -2.46. The zero-order valence-electron chi connectivity index (χ0n) is 12.3. The lowest BCUT2D eigenvalue weighted by Crippen LogP contribution is -2.65. The number of hydrogen-bond donors (Lipinski definition) is 2. The van der Waals surface area contributed by atoms with Crippen molar-refractivity contribution in [3.63, 3.8) is 0 Å². The van der Waals surface area contributed by atoms with Crippen molar-refractivity contribution in [3.05, 3.63) is 28.8 Å². The van der Waals surface area contributed by atoms with E-state index in [2.05, 4.69) is 5.32 Å². The topological polar surface area (TPSA) is 61.8 Å². The van der Waals surface area contributed by atoms with E-state index < -0.39 is 24.2 Å². The fourth-order valence-corrected chi connectivity index (χ4v) is 2.55. The first-order valence-corrected chi connectivity index (χ1v) is 7.12. The average molecular weight is 353 g/mol. The smallest absolute Gasteiger partial charge is 0.384 e. The number of hydrogen-bond acceptors (Lipinski definition) is 4. The Hall–Kier alpha value is -1.51. The second kappa shape index (κ2) is 6.54. The van der Waals surface area contributed by atoms with Gasteiger partial charge in [-0.25, -0.2) is 0 Å². The summed E-state index contributed by atoms with van der Waals surface area (Å²) in [4.78, 5) is 13.7. The van der Waals surface area contributed by atoms with E-state index in [1.165, 1.54) is 30.2 Å². The highest BCUT2D eigenvalue weighted by Crippen LogP contribution is 2.28. The van der Waals surface area contributed by atoms with Crippen molar-refractivity contribution in [3.8, 4) is 0 Å². The second-order valence-corrected chi connectivity index (χ2v) is 5.91. The molecule has 1 aliphatic rings. The van der Waals surface area contributed by atoms with E-state index >= 15 is 0 Å². The zero-order chi connectivity index (χ0) is 17.3. The summed E-state index contributed by atoms with van der Waals surface area (Å²) < 4.78 is 41.9. The first-order valence-electron chi connectivity index (χ1n) is 6.74. The van der Waals surface area contributed by atoms with Crippen LogP contribution in [0.1, 0.15) is 10.4 Å². The normalized spacial score (nSPS) is 16.9. The van der Waals surface area contributed by atoms with E-state index in [4.69, 9.17) is 16.3 Å². The molecule has 9 heteroatoms. The maximum atomic E-state index is 12.4. The molecular formula is C14H16ClF3N2O3. The second-order valence-electron chi connectivity index (χ2n) is 5.48. The molecule has 0 unspecified atom stereocenters. The molecule has 1 aromatic carbocycles. The molecule has 0 saturated carbocycles. The Morgan fingerprint density at radius 3 is 2.70 bits per heavy atom. The van der Waals surface area contributed by atoms with E-state index in [0.717, 1.165) is 0 Å². The van der Waals surface area contributed by atoms with Gasteiger partial charge in [-0.1, -0.05) is 11.6 Å². The van der Waals surface area contributed by atoms with Gasteiger partial charge in [0.05, 0.1) is 25.3 Å². The van der Waals surface area contributed by atoms with Gasteiger partial charge in [-0.15, -0.1) is 0 Å². The third-order valence-corrected chi connectivity index (χ3v) is 3.60. The molecule has 5 nitrogen and oxygen atoms in total. The summed E-state index contributed by atoms with van der Waals surface area (Å²) in [5.41, 5.74) is -1.05. The number of alkyl halides is 3. The minimum atomic E-state index is -4.42. The standard InChI is InChI=1S/C14H16ClF3N2O3/c1-23-8-13(22)6-20(7-13)12(21)10-3-2-9(15)4-11(10)19-5-14(16,17)18/h2-4,19,22H,5-8H2,1H3. The SMILES string of the molecule is COCC1(O)CN(C(=O)c2ccc(Cl)cc2NCC(F)(F)F)C1. The molecule has 1 aromatic rings. The molecular weight excluding hydrogens is 337 g/mol. The van der Waals surface area contributed by atoms with Crippen molar-refractivity contribution in [2.45, 2.75) is 11.8 Å². The third-order valence-electron chi connectivity index (χ3n) is 3.36. The quantitative estimate of drug-likeness (QED) is 0.852. The van der Waals surface area contributed by atoms with Crippen LogP contribution in [-0.2, 0) is 4.74 Å². The van der Waals surface area contributed by atoms with Crippen LogP contribution in [0, 0.1) is 0 Å². The number of β-amino-alcohol motifs (C(OH)–C–C–N with tert-alkyl or cyclic N) is 1. The lowest BCUT2D eigenvalue weighted by molar-refractivity contribution is -0.117. The highest BCUT2D eigenvalue weighted by Gasteiger charge is 2.44. The van der Waals surface area contributed by atoms with E-state index in [1.54, 1.807) is 0 Å². The highest BCUT2D eigenvalue weighted by atomic mass is 35.5. The van der Waals surface area contributed by atoms with Crippen molar-refractivity contribution in [1.82, 2.24) is 4.90 Å². The first-order chi connectivity index (χ1) is 10.6. The Bertz CT molecular complexity index is 589. The Morgan fingerprint density at radius 2 is 2.13 bits per heavy atom. The molecule has 23 heavy (non-hydrogen) atoms. The number of benzene rings is 1. The number of rotatable bonds is 5. The van der Waals surface area contributed by atoms with Crippen molar-refractivity contribution < 1.29 is 27.8 Å². The Labute approximate surface area is 136 Å². The van der Waals surface area contributed by atoms with Crippen LogP contribution in [0.25, 0.3) is 0 Å². The predicted molar refractivity (Wildman–Crippen MR) is 78.7 cm³/mol. The molecule has 2 rings (SSSR count). The van der Waals surface area contributed by atoms with Gasteiger partial charge in [0.2, 0.25) is 0 Å². The maximum Gasteiger partial charge on any atom is 0.405 e. The predicted octanol–water partition coefficient (Wildman–Crippen LogP) is 2.15. The molecule has 0 atom stereocenters. The number of anilines is 1. The summed E-state index contributed by atoms with van der Waals surface area (Å²) in [6.45, 7) is -1.08. The van der Waals surface area contributed by atoms with E-state index in [1.807, 2.05) is 0 Å². The number of carbonyl (C=O) groups excluding carboxylic acids is 1. The van der Waals surface area contributed by atoms with Gasteiger partial charge in [-0.2, -0.15) is 13.2 Å². The molecule has 0 bridgehead atoms. The van der Waals surface area contributed by atoms with E-state index in [-0.39, 0.29) is 36.0 Å². The summed E-state index contributed by atoms with van der Waals surface area (Å²) in [7, 11) is 1.43. The molecule has 0 aromatic heterocycles. The lowest BCUT2D eigenvalue weighted by atomic mass is 9.94. The van der Waals surface area contributed by atoms with Crippen LogP contribution >= 0.6 is 11.6 Å². The van der Waals surface area contributed by atoms with Crippen LogP contribution in [0.3, 0.4) is 0 Å². The van der Waals surface area contributed by atoms with Crippen LogP contribution in [0.2, 0.25) is 5.02 Å². The average Bonchev–Trinajstić information content (AvgIpc) is 2.41. The summed E-state index contributed by atoms with van der Waals surface area (Å²) in [5.74, 6) is -0.480. The molecule has 1 fully saturated rings. The molecule has 1 saturated heterocycles. The first kappa shape index (κ1) is 17.8. The van der Waals surface area contributed by atoms with Gasteiger partial charge >= 0.3 is 6.18 Å². The van der Waals surface area contributed by atoms with Crippen LogP contribution in [0.15, 0.2) is 18.2 Å². The van der Waals surface area contributed by atoms with Crippen molar-refractivity contribution in [1.29, 1.82) is 0 Å². The molecule has 0 radical (unpaired) electrons. The molecule has 1 amide bonds. The molecule has 2 N–H and O–H groups in total. The van der Waals surface area contributed by atoms with Gasteiger partial charge in [-0.05, 0) is 18.2 Å². The van der Waals surface area contributed by atoms with E-state index in [9.17, 15) is 23.1 Å². The number of nitrogens with one attached hydrogen (secondary N) is 1. The fraction of sp³-hybridized carbons (Fsp3) is 0.500. The fourth-order valence-electron chi connectivity index (χ4n) is 2.38. The van der Waals surface area contributed by atoms with Gasteiger partial charge in [-0.3, -0.25) is 4.79 Å². The van der Waals surface area contributed by atoms with Crippen LogP contribution in [-0.4, -0.2) is 61.0 Å². The number of likely N-dealkylation sites (tertiary alicyclic amines) is 1. The number of aliphatic hydroxyl groups is 1. The monoisotopic (exact) mass is 352 g/mol. The third kappa shape index (κ3) is 4.49. The number of nitrogens with zero attached hydrogens (tertiary/aromatic N) is 1. The van der Waals surface area contributed by atoms with Gasteiger partial charge in [0, 0.05) is 17.8 Å². The van der Waals surface area contributed by atoms with Gasteiger partial charge in [0.15, 0.2) is 0 Å². The number of halogens is 4. The zero-order valence-corrected chi connectivity index (χ0v) is 13.0. The van der Waals surface area contributed by atoms with Gasteiger partial charge in [0.1, 0.15) is 12.1 Å². The molecule has 0 spiro atoms. The molecule has 1 aliphatic heterocycles. The number of carbonyl (C=O) groups is 1. The minimum absolute atomic E-state index is 0.00186. The van der Waals surface area contributed by atoms with Crippen molar-refractivity contribution in [2.24, 2.45) is 0 Å². The highest BCUT2D eigenvalue weighted by molar-refractivity contribution is 6.31. The van der Waals surface area contributed by atoms with Crippen LogP contribution in [0.5, 0.6) is 0 Å². The van der Waals surface area contributed by atoms with Gasteiger partial charge < -0.3 is 20.1 Å². The summed E-state index contributed by atoms with van der Waals surface area (Å²) in [6, 6.07) is 4.05. The van der Waals surface area contributed by atoms with E-state index in [0.29, 0.717) is 0 Å². The Kier molecular flexibility index (Phi) is 5.07. The minimum Gasteiger partial charge on any atom is -0.384 e. The number of amides is 1. The van der Waals surface area contributed by atoms with Crippen LogP contribution < -0.4 is 5.32 Å². The molecule has 128 valence electrons. The van der Waals surface area contributed by atoms with Crippen molar-refractivity contribution in [2.75, 3.05) is 38.7 Å². The Morgan fingerprint density at radius 1 is 1.48 bits per heavy atom. The molecule has 0 aliphatic carbocycles. The summed E-state index contributed by atoms with van der Waals surface area (Å²) in [5, 5.41) is 12.4. The number of methoxy groups -OCH3 is 1.